The molecule has 1 saturated carbocycles. The third-order valence-electron chi connectivity index (χ3n) is 9.81. The van der Waals surface area contributed by atoms with E-state index in [1.807, 2.05) is 12.1 Å². The lowest BCUT2D eigenvalue weighted by Gasteiger charge is -2.24. The fraction of sp³-hybridized carbons (Fsp3) is 0.351. The Labute approximate surface area is 312 Å². The van der Waals surface area contributed by atoms with Crippen LogP contribution >= 0.6 is 11.6 Å². The summed E-state index contributed by atoms with van der Waals surface area (Å²) in [6.45, 7) is 1.63. The van der Waals surface area contributed by atoms with Crippen molar-refractivity contribution in [2.75, 3.05) is 48.7 Å². The zero-order valence-corrected chi connectivity index (χ0v) is 29.7. The standard InChI is InChI=1S/C37H35ClF4N8O4/c1-22-16-26(39)18-28(17-22)43-29(51)31(53)50-15-13-35(20-50)12-14-49(19-35)30(52)23-2-8-27(9-3-23)44-32-45-33(47-34(46-32)54-21-37(40,41)42)48-36(10-11-36)24-4-6-25(38)7-5-24/h2-9,16-18H,10-15,19-21H2,1H3,(H,43,51)(H2,44,45,46,47,48). The van der Waals surface area contributed by atoms with Gasteiger partial charge in [-0.1, -0.05) is 23.7 Å². The Morgan fingerprint density at radius 1 is 0.852 bits per heavy atom. The van der Waals surface area contributed by atoms with E-state index in [0.717, 1.165) is 24.5 Å². The second-order valence-electron chi connectivity index (χ2n) is 14.0. The number of aryl methyl sites for hydroxylation is 1. The summed E-state index contributed by atoms with van der Waals surface area (Å²) in [5.41, 5.74) is 1.70. The minimum atomic E-state index is -4.61. The van der Waals surface area contributed by atoms with E-state index >= 15 is 0 Å². The number of hydrogen-bond acceptors (Lipinski definition) is 9. The highest BCUT2D eigenvalue weighted by atomic mass is 35.5. The Balaban J connectivity index is 0.982. The predicted molar refractivity (Wildman–Crippen MR) is 191 cm³/mol. The van der Waals surface area contributed by atoms with Crippen molar-refractivity contribution in [2.45, 2.75) is 44.3 Å². The first-order valence-corrected chi connectivity index (χ1v) is 17.6. The predicted octanol–water partition coefficient (Wildman–Crippen LogP) is 6.46. The smallest absolute Gasteiger partial charge is 0.422 e. The average Bonchev–Trinajstić information content (AvgIpc) is 3.58. The number of hydrogen-bond donors (Lipinski definition) is 3. The van der Waals surface area contributed by atoms with Gasteiger partial charge in [0.1, 0.15) is 5.82 Å². The first-order chi connectivity index (χ1) is 25.7. The summed E-state index contributed by atoms with van der Waals surface area (Å²) in [5, 5.41) is 9.23. The van der Waals surface area contributed by atoms with Gasteiger partial charge < -0.3 is 30.5 Å². The Morgan fingerprint density at radius 3 is 2.19 bits per heavy atom. The first-order valence-electron chi connectivity index (χ1n) is 17.2. The van der Waals surface area contributed by atoms with E-state index in [0.29, 0.717) is 60.9 Å². The molecule has 0 bridgehead atoms. The lowest BCUT2D eigenvalue weighted by atomic mass is 9.86. The van der Waals surface area contributed by atoms with Gasteiger partial charge in [-0.2, -0.15) is 28.1 Å². The lowest BCUT2D eigenvalue weighted by Crippen LogP contribution is -2.40. The van der Waals surface area contributed by atoms with Crippen LogP contribution in [0, 0.1) is 18.2 Å². The van der Waals surface area contributed by atoms with Gasteiger partial charge in [-0.05, 0) is 98.3 Å². The minimum Gasteiger partial charge on any atom is -0.454 e. The monoisotopic (exact) mass is 766 g/mol. The van der Waals surface area contributed by atoms with Gasteiger partial charge in [0.25, 0.3) is 5.91 Å². The Bertz CT molecular complexity index is 2060. The molecule has 3 fully saturated rings. The number of ether oxygens (including phenoxy) is 1. The molecule has 54 heavy (non-hydrogen) atoms. The van der Waals surface area contributed by atoms with Crippen LogP contribution in [-0.2, 0) is 15.1 Å². The molecule has 3 N–H and O–H groups in total. The van der Waals surface area contributed by atoms with Gasteiger partial charge in [0.2, 0.25) is 11.9 Å². The normalized spacial score (nSPS) is 18.8. The molecule has 2 aliphatic heterocycles. The number of likely N-dealkylation sites (tertiary alicyclic amines) is 2. The Hall–Kier alpha value is -5.51. The maximum atomic E-state index is 13.8. The quantitative estimate of drug-likeness (QED) is 0.129. The second kappa shape index (κ2) is 14.4. The van der Waals surface area contributed by atoms with E-state index < -0.39 is 42.0 Å². The molecule has 1 atom stereocenters. The van der Waals surface area contributed by atoms with Gasteiger partial charge in [0.05, 0.1) is 5.54 Å². The summed E-state index contributed by atoms with van der Waals surface area (Å²) in [7, 11) is 0. The Kier molecular flexibility index (Phi) is 9.81. The first kappa shape index (κ1) is 36.8. The molecule has 12 nitrogen and oxygen atoms in total. The van der Waals surface area contributed by atoms with Crippen LogP contribution in [0.25, 0.3) is 0 Å². The van der Waals surface area contributed by atoms with E-state index in [-0.39, 0.29) is 28.9 Å². The maximum absolute atomic E-state index is 13.8. The van der Waals surface area contributed by atoms with Crippen molar-refractivity contribution in [1.82, 2.24) is 24.8 Å². The van der Waals surface area contributed by atoms with Crippen LogP contribution in [0.3, 0.4) is 0 Å². The number of benzene rings is 3. The van der Waals surface area contributed by atoms with Gasteiger partial charge in [-0.15, -0.1) is 0 Å². The number of amides is 3. The van der Waals surface area contributed by atoms with Crippen LogP contribution in [0.2, 0.25) is 5.02 Å². The molecule has 7 rings (SSSR count). The van der Waals surface area contributed by atoms with Gasteiger partial charge in [-0.25, -0.2) is 4.39 Å². The largest absolute Gasteiger partial charge is 0.454 e. The highest BCUT2D eigenvalue weighted by Crippen LogP contribution is 2.48. The Morgan fingerprint density at radius 2 is 1.52 bits per heavy atom. The fourth-order valence-electron chi connectivity index (χ4n) is 6.97. The van der Waals surface area contributed by atoms with Gasteiger partial charge >= 0.3 is 24.0 Å². The van der Waals surface area contributed by atoms with Crippen LogP contribution in [-0.4, -0.2) is 81.4 Å². The lowest BCUT2D eigenvalue weighted by molar-refractivity contribution is -0.154. The molecule has 3 aliphatic rings. The van der Waals surface area contributed by atoms with Gasteiger partial charge in [0, 0.05) is 53.6 Å². The van der Waals surface area contributed by atoms with E-state index in [1.165, 1.54) is 11.0 Å². The molecule has 17 heteroatoms. The van der Waals surface area contributed by atoms with Crippen molar-refractivity contribution in [2.24, 2.45) is 5.41 Å². The van der Waals surface area contributed by atoms with Crippen LogP contribution in [0.4, 0.5) is 40.8 Å². The number of carbonyl (C=O) groups is 3. The van der Waals surface area contributed by atoms with E-state index in [2.05, 4.69) is 30.9 Å². The summed E-state index contributed by atoms with van der Waals surface area (Å²) in [4.78, 5) is 54.9. The van der Waals surface area contributed by atoms with Crippen LogP contribution in [0.5, 0.6) is 6.01 Å². The number of carbonyl (C=O) groups excluding carboxylic acids is 3. The molecule has 3 amide bonds. The van der Waals surface area contributed by atoms with Crippen molar-refractivity contribution >= 4 is 52.6 Å². The molecule has 1 spiro atoms. The van der Waals surface area contributed by atoms with E-state index in [1.54, 1.807) is 54.3 Å². The molecule has 1 unspecified atom stereocenters. The summed E-state index contributed by atoms with van der Waals surface area (Å²) in [6, 6.07) is 17.2. The van der Waals surface area contributed by atoms with E-state index in [4.69, 9.17) is 16.3 Å². The van der Waals surface area contributed by atoms with Gasteiger partial charge in [0.15, 0.2) is 6.61 Å². The molecule has 1 aromatic heterocycles. The number of nitrogens with zero attached hydrogens (tertiary/aromatic N) is 5. The third-order valence-corrected chi connectivity index (χ3v) is 10.1. The minimum absolute atomic E-state index is 0.0151. The molecule has 4 aromatic rings. The average molecular weight is 767 g/mol. The summed E-state index contributed by atoms with van der Waals surface area (Å²) >= 11 is 6.05. The molecule has 2 saturated heterocycles. The van der Waals surface area contributed by atoms with Crippen molar-refractivity contribution in [3.8, 4) is 6.01 Å². The number of nitrogens with one attached hydrogen (secondary N) is 3. The van der Waals surface area contributed by atoms with Crippen LogP contribution in [0.1, 0.15) is 47.2 Å². The number of anilines is 4. The van der Waals surface area contributed by atoms with Crippen LogP contribution < -0.4 is 20.7 Å². The second-order valence-corrected chi connectivity index (χ2v) is 14.4. The molecule has 1 aliphatic carbocycles. The number of rotatable bonds is 9. The van der Waals surface area contributed by atoms with Crippen LogP contribution in [0.15, 0.2) is 66.7 Å². The number of aromatic nitrogens is 3. The fourth-order valence-corrected chi connectivity index (χ4v) is 7.09. The van der Waals surface area contributed by atoms with E-state index in [9.17, 15) is 31.9 Å². The molecule has 0 radical (unpaired) electrons. The van der Waals surface area contributed by atoms with Gasteiger partial charge in [-0.3, -0.25) is 14.4 Å². The molecule has 282 valence electrons. The number of halogens is 5. The highest BCUT2D eigenvalue weighted by Gasteiger charge is 2.47. The maximum Gasteiger partial charge on any atom is 0.422 e. The highest BCUT2D eigenvalue weighted by molar-refractivity contribution is 6.39. The van der Waals surface area contributed by atoms with Crippen molar-refractivity contribution in [1.29, 1.82) is 0 Å². The third kappa shape index (κ3) is 8.48. The van der Waals surface area contributed by atoms with Crippen molar-refractivity contribution in [3.05, 3.63) is 94.3 Å². The SMILES string of the molecule is Cc1cc(F)cc(NC(=O)C(=O)N2CCC3(CCN(C(=O)c4ccc(Nc5nc(NC6(c7ccc(Cl)cc7)CC6)nc(OCC(F)(F)F)n5)cc4)C3)C2)c1. The molecular weight excluding hydrogens is 732 g/mol. The number of alkyl halides is 3. The molecule has 3 aromatic carbocycles. The molecular formula is C37H35ClF4N8O4. The van der Waals surface area contributed by atoms with Crippen molar-refractivity contribution < 1.29 is 36.7 Å². The summed E-state index contributed by atoms with van der Waals surface area (Å²) in [6.07, 6.45) is -1.86. The summed E-state index contributed by atoms with van der Waals surface area (Å²) in [5.74, 6) is -2.35. The zero-order valence-electron chi connectivity index (χ0n) is 29.0. The van der Waals surface area contributed by atoms with Crippen molar-refractivity contribution in [3.63, 3.8) is 0 Å². The topological polar surface area (TPSA) is 142 Å². The zero-order chi connectivity index (χ0) is 38.3. The summed E-state index contributed by atoms with van der Waals surface area (Å²) < 4.78 is 57.6. The molecule has 3 heterocycles.